The normalized spacial score (nSPS) is 12.9. The van der Waals surface area contributed by atoms with E-state index in [-0.39, 0.29) is 10.5 Å². The zero-order valence-corrected chi connectivity index (χ0v) is 7.88. The highest BCUT2D eigenvalue weighted by molar-refractivity contribution is 7.79. The van der Waals surface area contributed by atoms with Gasteiger partial charge in [0.2, 0.25) is 0 Å². The van der Waals surface area contributed by atoms with Crippen molar-refractivity contribution in [3.8, 4) is 0 Å². The number of hydrogen-bond acceptors (Lipinski definition) is 2. The number of aromatic nitrogens is 1. The van der Waals surface area contributed by atoms with Crippen molar-refractivity contribution < 1.29 is 8.76 Å². The van der Waals surface area contributed by atoms with Gasteiger partial charge >= 0.3 is 0 Å². The Labute approximate surface area is 81.9 Å². The summed E-state index contributed by atoms with van der Waals surface area (Å²) >= 11 is -2.06. The second-order valence-electron chi connectivity index (χ2n) is 2.77. The van der Waals surface area contributed by atoms with Gasteiger partial charge in [0.15, 0.2) is 11.1 Å². The smallest absolute Gasteiger partial charge is 0.255 e. The standard InChI is InChI=1S/C9H7NO3S/c11-9-7-2-1-3-8(14(12)13)6(7)4-5-10-9/h1-5H,(H,10,11)(H,12,13). The molecule has 4 nitrogen and oxygen atoms in total. The molecule has 0 spiro atoms. The van der Waals surface area contributed by atoms with Crippen LogP contribution in [0.15, 0.2) is 40.2 Å². The van der Waals surface area contributed by atoms with Gasteiger partial charge in [-0.15, -0.1) is 0 Å². The molecule has 2 aromatic rings. The zero-order chi connectivity index (χ0) is 10.1. The maximum absolute atomic E-state index is 11.3. The van der Waals surface area contributed by atoms with Gasteiger partial charge in [0, 0.05) is 17.0 Å². The van der Waals surface area contributed by atoms with Crippen molar-refractivity contribution in [1.82, 2.24) is 4.98 Å². The molecule has 2 N–H and O–H groups in total. The van der Waals surface area contributed by atoms with Gasteiger partial charge in [0.25, 0.3) is 5.56 Å². The number of benzene rings is 1. The van der Waals surface area contributed by atoms with E-state index in [2.05, 4.69) is 4.98 Å². The Balaban J connectivity index is 2.95. The van der Waals surface area contributed by atoms with E-state index in [4.69, 9.17) is 4.55 Å². The molecule has 1 unspecified atom stereocenters. The molecule has 0 saturated carbocycles. The topological polar surface area (TPSA) is 70.2 Å². The first-order valence-corrected chi connectivity index (χ1v) is 5.02. The van der Waals surface area contributed by atoms with Crippen molar-refractivity contribution in [3.05, 3.63) is 40.8 Å². The summed E-state index contributed by atoms with van der Waals surface area (Å²) in [6.45, 7) is 0. The average molecular weight is 209 g/mol. The molecule has 5 heteroatoms. The van der Waals surface area contributed by atoms with E-state index in [1.54, 1.807) is 18.2 Å². The Kier molecular flexibility index (Phi) is 2.18. The summed E-state index contributed by atoms with van der Waals surface area (Å²) in [5.41, 5.74) is -0.255. The van der Waals surface area contributed by atoms with Crippen LogP contribution < -0.4 is 5.56 Å². The molecule has 0 aliphatic carbocycles. The summed E-state index contributed by atoms with van der Waals surface area (Å²) in [5.74, 6) is 0. The third-order valence-electron chi connectivity index (χ3n) is 1.96. The minimum Gasteiger partial charge on any atom is -0.329 e. The Hall–Kier alpha value is -1.46. The lowest BCUT2D eigenvalue weighted by molar-refractivity contribution is 0.565. The molecule has 0 aliphatic rings. The molecule has 0 saturated heterocycles. The van der Waals surface area contributed by atoms with Crippen LogP contribution in [0.25, 0.3) is 10.8 Å². The summed E-state index contributed by atoms with van der Waals surface area (Å²) in [6.07, 6.45) is 1.46. The highest BCUT2D eigenvalue weighted by Crippen LogP contribution is 2.17. The van der Waals surface area contributed by atoms with Crippen molar-refractivity contribution >= 4 is 21.9 Å². The van der Waals surface area contributed by atoms with E-state index in [1.165, 1.54) is 12.3 Å². The van der Waals surface area contributed by atoms with Crippen LogP contribution in [0.5, 0.6) is 0 Å². The van der Waals surface area contributed by atoms with Crippen LogP contribution in [0.3, 0.4) is 0 Å². The lowest BCUT2D eigenvalue weighted by atomic mass is 10.2. The molecular weight excluding hydrogens is 202 g/mol. The molecule has 1 aromatic carbocycles. The lowest BCUT2D eigenvalue weighted by Crippen LogP contribution is -2.05. The Morgan fingerprint density at radius 2 is 2.00 bits per heavy atom. The fourth-order valence-electron chi connectivity index (χ4n) is 1.34. The fraction of sp³-hybridized carbons (Fsp3) is 0. The molecule has 0 bridgehead atoms. The zero-order valence-electron chi connectivity index (χ0n) is 7.06. The molecule has 1 heterocycles. The van der Waals surface area contributed by atoms with Gasteiger partial charge in [-0.2, -0.15) is 0 Å². The summed E-state index contributed by atoms with van der Waals surface area (Å²) in [6, 6.07) is 6.34. The number of hydrogen-bond donors (Lipinski definition) is 2. The molecule has 0 aliphatic heterocycles. The van der Waals surface area contributed by atoms with Crippen molar-refractivity contribution in [1.29, 1.82) is 0 Å². The van der Waals surface area contributed by atoms with Crippen LogP contribution in [-0.2, 0) is 11.1 Å². The molecule has 14 heavy (non-hydrogen) atoms. The first-order valence-electron chi connectivity index (χ1n) is 3.91. The molecule has 1 aromatic heterocycles. The first kappa shape index (κ1) is 9.11. The molecule has 0 fully saturated rings. The molecular formula is C9H7NO3S. The van der Waals surface area contributed by atoms with Crippen LogP contribution in [-0.4, -0.2) is 13.7 Å². The van der Waals surface area contributed by atoms with Gasteiger partial charge in [-0.3, -0.25) is 4.79 Å². The van der Waals surface area contributed by atoms with E-state index in [0.29, 0.717) is 10.8 Å². The number of pyridine rings is 1. The van der Waals surface area contributed by atoms with E-state index < -0.39 is 11.1 Å². The number of fused-ring (bicyclic) bond motifs is 1. The summed E-state index contributed by atoms with van der Waals surface area (Å²) < 4.78 is 19.9. The van der Waals surface area contributed by atoms with Gasteiger partial charge in [0.05, 0.1) is 4.90 Å². The molecule has 72 valence electrons. The molecule has 2 rings (SSSR count). The second kappa shape index (κ2) is 3.36. The predicted molar refractivity (Wildman–Crippen MR) is 53.6 cm³/mol. The first-order chi connectivity index (χ1) is 6.70. The van der Waals surface area contributed by atoms with Crippen molar-refractivity contribution in [2.24, 2.45) is 0 Å². The van der Waals surface area contributed by atoms with Gasteiger partial charge in [-0.1, -0.05) is 6.07 Å². The molecule has 0 amide bonds. The van der Waals surface area contributed by atoms with Crippen molar-refractivity contribution in [2.45, 2.75) is 4.90 Å². The number of rotatable bonds is 1. The summed E-state index contributed by atoms with van der Waals surface area (Å²) in [5, 5.41) is 0.935. The van der Waals surface area contributed by atoms with Crippen molar-refractivity contribution in [3.63, 3.8) is 0 Å². The Morgan fingerprint density at radius 1 is 1.21 bits per heavy atom. The summed E-state index contributed by atoms with van der Waals surface area (Å²) in [4.78, 5) is 14.1. The Bertz CT molecular complexity index is 561. The quantitative estimate of drug-likeness (QED) is 0.691. The van der Waals surface area contributed by atoms with E-state index in [0.717, 1.165) is 0 Å². The maximum Gasteiger partial charge on any atom is 0.255 e. The van der Waals surface area contributed by atoms with Crippen LogP contribution in [0, 0.1) is 0 Å². The van der Waals surface area contributed by atoms with E-state index in [9.17, 15) is 9.00 Å². The van der Waals surface area contributed by atoms with E-state index in [1.807, 2.05) is 0 Å². The number of nitrogens with one attached hydrogen (secondary N) is 1. The molecule has 0 radical (unpaired) electrons. The monoisotopic (exact) mass is 209 g/mol. The van der Waals surface area contributed by atoms with Gasteiger partial charge in [-0.25, -0.2) is 4.21 Å². The van der Waals surface area contributed by atoms with Gasteiger partial charge in [-0.05, 0) is 18.2 Å². The van der Waals surface area contributed by atoms with Crippen LogP contribution in [0.2, 0.25) is 0 Å². The lowest BCUT2D eigenvalue weighted by Gasteiger charge is -2.00. The van der Waals surface area contributed by atoms with E-state index >= 15 is 0 Å². The number of aromatic amines is 1. The van der Waals surface area contributed by atoms with Crippen LogP contribution in [0.1, 0.15) is 0 Å². The minimum atomic E-state index is -2.06. The number of H-pyrrole nitrogens is 1. The van der Waals surface area contributed by atoms with Crippen LogP contribution >= 0.6 is 0 Å². The van der Waals surface area contributed by atoms with Gasteiger partial charge < -0.3 is 9.54 Å². The highest BCUT2D eigenvalue weighted by Gasteiger charge is 2.06. The second-order valence-corrected chi connectivity index (χ2v) is 3.71. The third-order valence-corrected chi connectivity index (χ3v) is 2.70. The van der Waals surface area contributed by atoms with Crippen molar-refractivity contribution in [2.75, 3.05) is 0 Å². The van der Waals surface area contributed by atoms with Crippen LogP contribution in [0.4, 0.5) is 0 Å². The minimum absolute atomic E-state index is 0.255. The summed E-state index contributed by atoms with van der Waals surface area (Å²) in [7, 11) is 0. The highest BCUT2D eigenvalue weighted by atomic mass is 32.2. The SMILES string of the molecule is O=c1[nH]ccc2c(S(=O)O)cccc12. The average Bonchev–Trinajstić information content (AvgIpc) is 2.17. The third kappa shape index (κ3) is 1.36. The van der Waals surface area contributed by atoms with Gasteiger partial charge in [0.1, 0.15) is 0 Å². The fourth-order valence-corrected chi connectivity index (χ4v) is 1.91. The molecule has 1 atom stereocenters. The largest absolute Gasteiger partial charge is 0.329 e. The predicted octanol–water partition coefficient (Wildman–Crippen LogP) is 1.11. The maximum atomic E-state index is 11.3. The Morgan fingerprint density at radius 3 is 2.71 bits per heavy atom.